The lowest BCUT2D eigenvalue weighted by atomic mass is 10.1. The number of imidazole rings is 1. The second-order valence-corrected chi connectivity index (χ2v) is 8.70. The minimum Gasteiger partial charge on any atom is -0.493 e. The first-order chi connectivity index (χ1) is 16.4. The van der Waals surface area contributed by atoms with Gasteiger partial charge >= 0.3 is 0 Å². The standard InChI is InChI=1S/C26H26BrN3O4/c1-16(28-26(31)18-13-22(32-2)24(34-4)23(14-18)33-3)25-29-20-7-5-6-8-21(20)30(25)15-17-9-11-19(27)12-10-17/h5-14,16H,15H2,1-4H3,(H,28,31). The number of nitrogens with one attached hydrogen (secondary N) is 1. The predicted molar refractivity (Wildman–Crippen MR) is 135 cm³/mol. The topological polar surface area (TPSA) is 74.6 Å². The maximum Gasteiger partial charge on any atom is 0.252 e. The molecule has 4 rings (SSSR count). The van der Waals surface area contributed by atoms with Crippen molar-refractivity contribution in [1.82, 2.24) is 14.9 Å². The molecule has 1 atom stereocenters. The van der Waals surface area contributed by atoms with Gasteiger partial charge in [-0.05, 0) is 48.9 Å². The highest BCUT2D eigenvalue weighted by molar-refractivity contribution is 9.10. The van der Waals surface area contributed by atoms with Gasteiger partial charge in [-0.2, -0.15) is 0 Å². The Morgan fingerprint density at radius 2 is 1.65 bits per heavy atom. The van der Waals surface area contributed by atoms with E-state index in [1.54, 1.807) is 12.1 Å². The van der Waals surface area contributed by atoms with Crippen LogP contribution < -0.4 is 19.5 Å². The molecule has 1 amide bonds. The van der Waals surface area contributed by atoms with Crippen molar-refractivity contribution < 1.29 is 19.0 Å². The Balaban J connectivity index is 1.66. The van der Waals surface area contributed by atoms with Crippen LogP contribution in [0.2, 0.25) is 0 Å². The van der Waals surface area contributed by atoms with Crippen LogP contribution in [0, 0.1) is 0 Å². The summed E-state index contributed by atoms with van der Waals surface area (Å²) in [5, 5.41) is 3.07. The molecule has 0 radical (unpaired) electrons. The summed E-state index contributed by atoms with van der Waals surface area (Å²) >= 11 is 3.49. The smallest absolute Gasteiger partial charge is 0.252 e. The summed E-state index contributed by atoms with van der Waals surface area (Å²) in [5.41, 5.74) is 3.42. The Hall–Kier alpha value is -3.52. The van der Waals surface area contributed by atoms with E-state index < -0.39 is 0 Å². The quantitative estimate of drug-likeness (QED) is 0.336. The van der Waals surface area contributed by atoms with Gasteiger partial charge in [0.1, 0.15) is 5.82 Å². The van der Waals surface area contributed by atoms with Crippen molar-refractivity contribution in [2.45, 2.75) is 19.5 Å². The van der Waals surface area contributed by atoms with E-state index in [4.69, 9.17) is 19.2 Å². The number of para-hydroxylation sites is 2. The fourth-order valence-electron chi connectivity index (χ4n) is 3.92. The van der Waals surface area contributed by atoms with Crippen molar-refractivity contribution in [3.05, 3.63) is 82.1 Å². The van der Waals surface area contributed by atoms with E-state index in [1.807, 2.05) is 43.3 Å². The van der Waals surface area contributed by atoms with Crippen LogP contribution in [-0.4, -0.2) is 36.8 Å². The molecule has 8 heteroatoms. The average molecular weight is 524 g/mol. The van der Waals surface area contributed by atoms with Crippen LogP contribution in [0.4, 0.5) is 0 Å². The van der Waals surface area contributed by atoms with Crippen molar-refractivity contribution in [3.63, 3.8) is 0 Å². The molecule has 3 aromatic carbocycles. The number of amides is 1. The Bertz CT molecular complexity index is 1290. The number of ether oxygens (including phenoxy) is 3. The van der Waals surface area contributed by atoms with Crippen molar-refractivity contribution in [2.75, 3.05) is 21.3 Å². The molecule has 1 aromatic heterocycles. The van der Waals surface area contributed by atoms with Crippen molar-refractivity contribution >= 4 is 32.9 Å². The highest BCUT2D eigenvalue weighted by Gasteiger charge is 2.22. The van der Waals surface area contributed by atoms with Crippen molar-refractivity contribution in [3.8, 4) is 17.2 Å². The first-order valence-electron chi connectivity index (χ1n) is 10.8. The third kappa shape index (κ3) is 4.72. The minimum absolute atomic E-state index is 0.269. The number of rotatable bonds is 8. The third-order valence-electron chi connectivity index (χ3n) is 5.60. The number of benzene rings is 3. The molecule has 4 aromatic rings. The van der Waals surface area contributed by atoms with Gasteiger partial charge in [-0.3, -0.25) is 4.79 Å². The van der Waals surface area contributed by atoms with Crippen LogP contribution in [0.15, 0.2) is 65.1 Å². The minimum atomic E-state index is -0.352. The molecular weight excluding hydrogens is 498 g/mol. The van der Waals surface area contributed by atoms with Crippen LogP contribution in [0.1, 0.15) is 34.7 Å². The number of hydrogen-bond acceptors (Lipinski definition) is 5. The van der Waals surface area contributed by atoms with Crippen LogP contribution in [0.5, 0.6) is 17.2 Å². The molecule has 1 unspecified atom stereocenters. The maximum atomic E-state index is 13.2. The van der Waals surface area contributed by atoms with Crippen molar-refractivity contribution in [1.29, 1.82) is 0 Å². The molecular formula is C26H26BrN3O4. The maximum absolute atomic E-state index is 13.2. The fraction of sp³-hybridized carbons (Fsp3) is 0.231. The highest BCUT2D eigenvalue weighted by Crippen LogP contribution is 2.38. The molecule has 0 fully saturated rings. The molecule has 0 aliphatic heterocycles. The van der Waals surface area contributed by atoms with Gasteiger partial charge in [0.05, 0.1) is 38.4 Å². The lowest BCUT2D eigenvalue weighted by Gasteiger charge is -2.18. The molecule has 1 N–H and O–H groups in total. The number of nitrogens with zero attached hydrogens (tertiary/aromatic N) is 2. The number of methoxy groups -OCH3 is 3. The lowest BCUT2D eigenvalue weighted by Crippen LogP contribution is -2.29. The van der Waals surface area contributed by atoms with E-state index >= 15 is 0 Å². The molecule has 34 heavy (non-hydrogen) atoms. The molecule has 0 aliphatic rings. The van der Waals surface area contributed by atoms with E-state index in [-0.39, 0.29) is 11.9 Å². The summed E-state index contributed by atoms with van der Waals surface area (Å²) in [6.45, 7) is 2.56. The normalized spacial score (nSPS) is 11.8. The second kappa shape index (κ2) is 10.2. The first-order valence-corrected chi connectivity index (χ1v) is 11.5. The van der Waals surface area contributed by atoms with E-state index in [2.05, 4.69) is 37.9 Å². The number of halogens is 1. The summed E-state index contributed by atoms with van der Waals surface area (Å²) in [7, 11) is 4.57. The summed E-state index contributed by atoms with van der Waals surface area (Å²) in [6.07, 6.45) is 0. The number of hydrogen-bond donors (Lipinski definition) is 1. The SMILES string of the molecule is COc1cc(C(=O)NC(C)c2nc3ccccc3n2Cc2ccc(Br)cc2)cc(OC)c1OC. The molecule has 0 aliphatic carbocycles. The average Bonchev–Trinajstić information content (AvgIpc) is 3.22. The predicted octanol–water partition coefficient (Wildman–Crippen LogP) is 5.36. The highest BCUT2D eigenvalue weighted by atomic mass is 79.9. The first kappa shape index (κ1) is 23.6. The molecule has 0 spiro atoms. The van der Waals surface area contributed by atoms with Gasteiger partial charge in [0, 0.05) is 16.6 Å². The molecule has 1 heterocycles. The fourth-order valence-corrected chi connectivity index (χ4v) is 4.18. The Labute approximate surface area is 206 Å². The summed E-state index contributed by atoms with van der Waals surface area (Å²) in [6, 6.07) is 19.1. The van der Waals surface area contributed by atoms with Gasteiger partial charge in [0.25, 0.3) is 5.91 Å². The molecule has 176 valence electrons. The monoisotopic (exact) mass is 523 g/mol. The van der Waals surface area contributed by atoms with Crippen LogP contribution in [-0.2, 0) is 6.54 Å². The van der Waals surface area contributed by atoms with Crippen LogP contribution in [0.3, 0.4) is 0 Å². The number of aromatic nitrogens is 2. The van der Waals surface area contributed by atoms with Gasteiger partial charge in [0.2, 0.25) is 5.75 Å². The zero-order valence-corrected chi connectivity index (χ0v) is 21.0. The van der Waals surface area contributed by atoms with Gasteiger partial charge in [-0.15, -0.1) is 0 Å². The lowest BCUT2D eigenvalue weighted by molar-refractivity contribution is 0.0937. The van der Waals surface area contributed by atoms with Gasteiger partial charge in [-0.25, -0.2) is 4.98 Å². The van der Waals surface area contributed by atoms with Gasteiger partial charge in [0.15, 0.2) is 11.5 Å². The molecule has 7 nitrogen and oxygen atoms in total. The molecule has 0 saturated carbocycles. The Morgan fingerprint density at radius 3 is 2.26 bits per heavy atom. The number of carbonyl (C=O) groups excluding carboxylic acids is 1. The van der Waals surface area contributed by atoms with Gasteiger partial charge in [-0.1, -0.05) is 40.2 Å². The van der Waals surface area contributed by atoms with E-state index in [0.717, 1.165) is 26.9 Å². The summed E-state index contributed by atoms with van der Waals surface area (Å²) < 4.78 is 19.3. The second-order valence-electron chi connectivity index (χ2n) is 7.78. The van der Waals surface area contributed by atoms with E-state index in [0.29, 0.717) is 29.4 Å². The Morgan fingerprint density at radius 1 is 1.00 bits per heavy atom. The van der Waals surface area contributed by atoms with Gasteiger partial charge < -0.3 is 24.1 Å². The van der Waals surface area contributed by atoms with E-state index in [9.17, 15) is 4.79 Å². The zero-order chi connectivity index (χ0) is 24.2. The van der Waals surface area contributed by atoms with Crippen LogP contribution >= 0.6 is 15.9 Å². The molecule has 0 bridgehead atoms. The van der Waals surface area contributed by atoms with Crippen LogP contribution in [0.25, 0.3) is 11.0 Å². The van der Waals surface area contributed by atoms with Crippen molar-refractivity contribution in [2.24, 2.45) is 0 Å². The number of fused-ring (bicyclic) bond motifs is 1. The van der Waals surface area contributed by atoms with E-state index in [1.165, 1.54) is 21.3 Å². The third-order valence-corrected chi connectivity index (χ3v) is 6.13. The Kier molecular flexibility index (Phi) is 7.07. The summed E-state index contributed by atoms with van der Waals surface area (Å²) in [5.74, 6) is 1.77. The zero-order valence-electron chi connectivity index (χ0n) is 19.5. The summed E-state index contributed by atoms with van der Waals surface area (Å²) in [4.78, 5) is 18.0. The largest absolute Gasteiger partial charge is 0.493 e. The molecule has 0 saturated heterocycles. The number of carbonyl (C=O) groups is 1.